The zero-order valence-electron chi connectivity index (χ0n) is 12.8. The van der Waals surface area contributed by atoms with Crippen LogP contribution in [0.25, 0.3) is 0 Å². The first-order valence-corrected chi connectivity index (χ1v) is 7.32. The van der Waals surface area contributed by atoms with Crippen molar-refractivity contribution in [2.45, 2.75) is 57.6 Å². The average molecular weight is 312 g/mol. The number of aliphatic hydroxyl groups excluding tert-OH is 1. The quantitative estimate of drug-likeness (QED) is 0.804. The molecule has 0 unspecified atom stereocenters. The molecule has 0 spiro atoms. The molecule has 1 aromatic rings. The van der Waals surface area contributed by atoms with Crippen molar-refractivity contribution in [3.05, 3.63) is 33.1 Å². The lowest BCUT2D eigenvalue weighted by molar-refractivity contribution is -0.200. The lowest BCUT2D eigenvalue weighted by Gasteiger charge is -2.24. The van der Waals surface area contributed by atoms with Crippen molar-refractivity contribution in [3.8, 4) is 0 Å². The number of hydrogen-bond acceptors (Lipinski definition) is 6. The van der Waals surface area contributed by atoms with Crippen LogP contribution >= 0.6 is 0 Å². The van der Waals surface area contributed by atoms with Gasteiger partial charge in [0.25, 0.3) is 5.56 Å². The van der Waals surface area contributed by atoms with E-state index < -0.39 is 36.0 Å². The van der Waals surface area contributed by atoms with Crippen molar-refractivity contribution in [2.75, 3.05) is 6.61 Å². The first-order valence-electron chi connectivity index (χ1n) is 7.32. The van der Waals surface area contributed by atoms with Crippen LogP contribution in [0, 0.1) is 0 Å². The Kier molecular flexibility index (Phi) is 3.72. The number of aromatic nitrogens is 2. The second-order valence-electron chi connectivity index (χ2n) is 5.90. The van der Waals surface area contributed by atoms with Crippen LogP contribution in [0.3, 0.4) is 0 Å². The summed E-state index contributed by atoms with van der Waals surface area (Å²) in [5.74, 6) is -0.812. The molecule has 0 aliphatic carbocycles. The molecule has 2 fully saturated rings. The van der Waals surface area contributed by atoms with Crippen molar-refractivity contribution in [1.29, 1.82) is 0 Å². The second kappa shape index (κ2) is 5.31. The number of rotatable bonds is 3. The number of fused-ring (bicyclic) bond motifs is 1. The molecule has 0 aromatic carbocycles. The second-order valence-corrected chi connectivity index (χ2v) is 5.90. The fraction of sp³-hybridized carbons (Fsp3) is 0.714. The smallest absolute Gasteiger partial charge is 0.333 e. The van der Waals surface area contributed by atoms with E-state index in [0.717, 1.165) is 4.57 Å². The van der Waals surface area contributed by atoms with Crippen molar-refractivity contribution < 1.29 is 19.3 Å². The summed E-state index contributed by atoms with van der Waals surface area (Å²) in [6.45, 7) is 5.30. The van der Waals surface area contributed by atoms with Crippen molar-refractivity contribution in [1.82, 2.24) is 9.13 Å². The number of nitrogens with zero attached hydrogens (tertiary/aromatic N) is 2. The van der Waals surface area contributed by atoms with Gasteiger partial charge in [0, 0.05) is 18.8 Å². The van der Waals surface area contributed by atoms with Crippen LogP contribution in [0.2, 0.25) is 0 Å². The number of ether oxygens (including phenoxy) is 3. The SMILES string of the molecule is CCn1c(=O)ccn([C@@H]2O[C@H](CO)[C@H]3OC(C)(C)O[C@H]32)c1=O. The molecule has 1 N–H and O–H groups in total. The summed E-state index contributed by atoms with van der Waals surface area (Å²) < 4.78 is 19.7. The normalized spacial score (nSPS) is 33.1. The molecule has 3 rings (SSSR count). The molecule has 4 atom stereocenters. The van der Waals surface area contributed by atoms with Crippen LogP contribution in [-0.4, -0.2) is 44.9 Å². The molecular weight excluding hydrogens is 292 g/mol. The standard InChI is InChI=1S/C14H20N2O6/c1-4-15-9(18)5-6-16(13(15)19)12-11-10(8(7-17)20-12)21-14(2,3)22-11/h5-6,8,10-12,17H,4,7H2,1-3H3/t8-,10-,11-,12-/m1/s1. The van der Waals surface area contributed by atoms with Gasteiger partial charge in [0.05, 0.1) is 6.61 Å². The Morgan fingerprint density at radius 1 is 1.27 bits per heavy atom. The van der Waals surface area contributed by atoms with Gasteiger partial charge in [0.1, 0.15) is 18.3 Å². The number of aliphatic hydroxyl groups is 1. The average Bonchev–Trinajstić information content (AvgIpc) is 2.93. The Morgan fingerprint density at radius 2 is 1.95 bits per heavy atom. The third kappa shape index (κ3) is 2.32. The Balaban J connectivity index is 2.02. The van der Waals surface area contributed by atoms with E-state index in [1.165, 1.54) is 16.8 Å². The summed E-state index contributed by atoms with van der Waals surface area (Å²) >= 11 is 0. The first-order chi connectivity index (χ1) is 10.4. The molecule has 8 nitrogen and oxygen atoms in total. The van der Waals surface area contributed by atoms with E-state index in [1.54, 1.807) is 20.8 Å². The highest BCUT2D eigenvalue weighted by Crippen LogP contribution is 2.42. The van der Waals surface area contributed by atoms with Crippen LogP contribution in [0.4, 0.5) is 0 Å². The lowest BCUT2D eigenvalue weighted by Crippen LogP contribution is -2.42. The third-order valence-corrected chi connectivity index (χ3v) is 3.99. The van der Waals surface area contributed by atoms with Gasteiger partial charge in [-0.2, -0.15) is 0 Å². The van der Waals surface area contributed by atoms with Gasteiger partial charge in [-0.3, -0.25) is 13.9 Å². The van der Waals surface area contributed by atoms with E-state index in [1.807, 2.05) is 0 Å². The fourth-order valence-corrected chi connectivity index (χ4v) is 3.05. The Hall–Kier alpha value is -1.48. The number of hydrogen-bond donors (Lipinski definition) is 1. The van der Waals surface area contributed by atoms with E-state index >= 15 is 0 Å². The molecule has 2 aliphatic heterocycles. The third-order valence-electron chi connectivity index (χ3n) is 3.99. The summed E-state index contributed by atoms with van der Waals surface area (Å²) in [6, 6.07) is 1.32. The van der Waals surface area contributed by atoms with Crippen molar-refractivity contribution >= 4 is 0 Å². The topological polar surface area (TPSA) is 91.9 Å². The highest BCUT2D eigenvalue weighted by molar-refractivity contribution is 4.99. The van der Waals surface area contributed by atoms with Gasteiger partial charge in [0.15, 0.2) is 12.0 Å². The zero-order chi connectivity index (χ0) is 16.1. The summed E-state index contributed by atoms with van der Waals surface area (Å²) in [4.78, 5) is 24.1. The molecule has 2 saturated heterocycles. The maximum Gasteiger partial charge on any atom is 0.333 e. The van der Waals surface area contributed by atoms with Crippen LogP contribution < -0.4 is 11.2 Å². The van der Waals surface area contributed by atoms with E-state index in [0.29, 0.717) is 0 Å². The monoisotopic (exact) mass is 312 g/mol. The van der Waals surface area contributed by atoms with Gasteiger partial charge in [-0.25, -0.2) is 4.79 Å². The molecule has 0 saturated carbocycles. The largest absolute Gasteiger partial charge is 0.394 e. The summed E-state index contributed by atoms with van der Waals surface area (Å²) in [6.07, 6.45) is -0.903. The van der Waals surface area contributed by atoms with E-state index in [9.17, 15) is 14.7 Å². The van der Waals surface area contributed by atoms with Gasteiger partial charge in [0.2, 0.25) is 0 Å². The molecule has 0 amide bonds. The molecule has 3 heterocycles. The predicted molar refractivity (Wildman–Crippen MR) is 75.5 cm³/mol. The molecule has 122 valence electrons. The van der Waals surface area contributed by atoms with E-state index in [4.69, 9.17) is 14.2 Å². The lowest BCUT2D eigenvalue weighted by atomic mass is 10.1. The predicted octanol–water partition coefficient (Wildman–Crippen LogP) is -0.560. The molecule has 1 aromatic heterocycles. The van der Waals surface area contributed by atoms with Crippen molar-refractivity contribution in [2.24, 2.45) is 0 Å². The molecule has 0 bridgehead atoms. The highest BCUT2D eigenvalue weighted by atomic mass is 16.8. The minimum atomic E-state index is -0.812. The fourth-order valence-electron chi connectivity index (χ4n) is 3.05. The summed E-state index contributed by atoms with van der Waals surface area (Å²) in [7, 11) is 0. The molecule has 8 heteroatoms. The van der Waals surface area contributed by atoms with Gasteiger partial charge in [-0.05, 0) is 20.8 Å². The minimum absolute atomic E-state index is 0.237. The Morgan fingerprint density at radius 3 is 2.59 bits per heavy atom. The highest BCUT2D eigenvalue weighted by Gasteiger charge is 2.55. The van der Waals surface area contributed by atoms with Gasteiger partial charge in [-0.1, -0.05) is 0 Å². The molecule has 22 heavy (non-hydrogen) atoms. The van der Waals surface area contributed by atoms with Crippen LogP contribution in [0.5, 0.6) is 0 Å². The summed E-state index contributed by atoms with van der Waals surface area (Å²) in [5, 5.41) is 9.46. The minimum Gasteiger partial charge on any atom is -0.394 e. The molecule has 0 radical (unpaired) electrons. The van der Waals surface area contributed by atoms with Crippen LogP contribution in [-0.2, 0) is 20.8 Å². The van der Waals surface area contributed by atoms with Crippen LogP contribution in [0.15, 0.2) is 21.9 Å². The Labute approximate surface area is 126 Å². The zero-order valence-corrected chi connectivity index (χ0v) is 12.8. The van der Waals surface area contributed by atoms with E-state index in [2.05, 4.69) is 0 Å². The van der Waals surface area contributed by atoms with Gasteiger partial charge in [-0.15, -0.1) is 0 Å². The summed E-state index contributed by atoms with van der Waals surface area (Å²) in [5.41, 5.74) is -0.827. The maximum atomic E-state index is 12.4. The van der Waals surface area contributed by atoms with Crippen LogP contribution in [0.1, 0.15) is 27.0 Å². The van der Waals surface area contributed by atoms with Crippen molar-refractivity contribution in [3.63, 3.8) is 0 Å². The molecule has 2 aliphatic rings. The Bertz CT molecular complexity index is 679. The van der Waals surface area contributed by atoms with E-state index in [-0.39, 0.29) is 18.7 Å². The first kappa shape index (κ1) is 15.4. The maximum absolute atomic E-state index is 12.4. The van der Waals surface area contributed by atoms with Gasteiger partial charge < -0.3 is 19.3 Å². The molecular formula is C14H20N2O6. The van der Waals surface area contributed by atoms with Gasteiger partial charge >= 0.3 is 5.69 Å².